The average molecular weight is 564 g/mol. The van der Waals surface area contributed by atoms with Crippen LogP contribution in [0.15, 0.2) is 36.4 Å². The molecule has 5 aliphatic rings. The van der Waals surface area contributed by atoms with E-state index in [4.69, 9.17) is 9.47 Å². The molecule has 3 amide bonds. The summed E-state index contributed by atoms with van der Waals surface area (Å²) in [6, 6.07) is 6.36. The molecule has 41 heavy (non-hydrogen) atoms. The van der Waals surface area contributed by atoms with Gasteiger partial charge >= 0.3 is 0 Å². The van der Waals surface area contributed by atoms with Crippen molar-refractivity contribution in [3.05, 3.63) is 36.4 Å². The van der Waals surface area contributed by atoms with E-state index in [2.05, 4.69) is 38.3 Å². The molecule has 3 aliphatic heterocycles. The number of amides is 3. The van der Waals surface area contributed by atoms with E-state index < -0.39 is 29.6 Å². The number of benzene rings is 1. The monoisotopic (exact) mass is 563 g/mol. The fourth-order valence-electron chi connectivity index (χ4n) is 8.46. The van der Waals surface area contributed by atoms with Gasteiger partial charge in [-0.2, -0.15) is 0 Å². The van der Waals surface area contributed by atoms with Crippen molar-refractivity contribution in [2.75, 3.05) is 12.4 Å². The predicted octanol–water partition coefficient (Wildman–Crippen LogP) is 4.55. The lowest BCUT2D eigenvalue weighted by Gasteiger charge is -2.44. The number of likely N-dealkylation sites (tertiary alicyclic amines) is 1. The average Bonchev–Trinajstić information content (AvgIpc) is 3.60. The molecule has 1 aromatic rings. The molecule has 2 aliphatic carbocycles. The summed E-state index contributed by atoms with van der Waals surface area (Å²) < 4.78 is 11.8. The summed E-state index contributed by atoms with van der Waals surface area (Å²) in [4.78, 5) is 44.6. The summed E-state index contributed by atoms with van der Waals surface area (Å²) >= 11 is 0. The highest BCUT2D eigenvalue weighted by molar-refractivity contribution is 6.03. The van der Waals surface area contributed by atoms with E-state index in [1.165, 1.54) is 6.42 Å². The zero-order chi connectivity index (χ0) is 29.1. The van der Waals surface area contributed by atoms with E-state index >= 15 is 0 Å². The first-order chi connectivity index (χ1) is 19.7. The summed E-state index contributed by atoms with van der Waals surface area (Å²) in [7, 11) is 1.60. The van der Waals surface area contributed by atoms with Crippen molar-refractivity contribution in [2.45, 2.75) is 96.1 Å². The lowest BCUT2D eigenvalue weighted by atomic mass is 9.73. The summed E-state index contributed by atoms with van der Waals surface area (Å²) in [5.41, 5.74) is -0.513. The van der Waals surface area contributed by atoms with Gasteiger partial charge in [0.2, 0.25) is 17.7 Å². The minimum Gasteiger partial charge on any atom is -0.497 e. The van der Waals surface area contributed by atoms with Crippen LogP contribution in [0.4, 0.5) is 5.69 Å². The minimum atomic E-state index is -1.14. The van der Waals surface area contributed by atoms with Crippen molar-refractivity contribution < 1.29 is 23.9 Å². The van der Waals surface area contributed by atoms with Gasteiger partial charge in [0.25, 0.3) is 0 Å². The van der Waals surface area contributed by atoms with Gasteiger partial charge in [-0.1, -0.05) is 65.5 Å². The maximum Gasteiger partial charge on any atom is 0.246 e. The molecule has 222 valence electrons. The van der Waals surface area contributed by atoms with Crippen molar-refractivity contribution in [3.8, 4) is 5.75 Å². The second-order valence-electron chi connectivity index (χ2n) is 13.4. The number of nitrogens with zero attached hydrogens (tertiary/aromatic N) is 1. The third kappa shape index (κ3) is 4.57. The van der Waals surface area contributed by atoms with Crippen LogP contribution in [0.25, 0.3) is 0 Å². The highest BCUT2D eigenvalue weighted by Gasteiger charge is 2.73. The Labute approximate surface area is 243 Å². The predicted molar refractivity (Wildman–Crippen MR) is 156 cm³/mol. The van der Waals surface area contributed by atoms with Crippen LogP contribution in [0.5, 0.6) is 5.75 Å². The van der Waals surface area contributed by atoms with Gasteiger partial charge in [-0.25, -0.2) is 0 Å². The van der Waals surface area contributed by atoms with E-state index in [-0.39, 0.29) is 35.7 Å². The Bertz CT molecular complexity index is 1220. The van der Waals surface area contributed by atoms with Gasteiger partial charge in [0, 0.05) is 17.8 Å². The summed E-state index contributed by atoms with van der Waals surface area (Å²) in [5.74, 6) is 0.320. The second-order valence-corrected chi connectivity index (χ2v) is 13.4. The van der Waals surface area contributed by atoms with Crippen molar-refractivity contribution in [1.29, 1.82) is 0 Å². The molecule has 0 radical (unpaired) electrons. The maximum atomic E-state index is 14.5. The Morgan fingerprint density at radius 1 is 0.951 bits per heavy atom. The molecule has 11 atom stereocenters. The number of fused-ring (bicyclic) bond motifs is 1. The zero-order valence-corrected chi connectivity index (χ0v) is 25.0. The highest BCUT2D eigenvalue weighted by Crippen LogP contribution is 2.57. The van der Waals surface area contributed by atoms with Crippen LogP contribution in [0.2, 0.25) is 0 Å². The molecule has 2 saturated carbocycles. The Morgan fingerprint density at radius 3 is 2.34 bits per heavy atom. The molecule has 0 unspecified atom stereocenters. The second kappa shape index (κ2) is 10.8. The standard InChI is InChI=1S/C33H45N3O5/c1-18-8-6-10-24(20(18)3)35-31(38)29-33-17-16-26(41-33)27(30(37)34-22-12-14-23(40-5)15-13-22)28(33)32(39)36(29)25-11-7-9-19(2)21(25)4/h12-21,24-29H,6-11H2,1-5H3,(H,34,37)(H,35,38)/t18-,19+,20-,21+,24+,25+,26-,27+,28-,29-,33-/m0/s1. The van der Waals surface area contributed by atoms with Gasteiger partial charge in [0.1, 0.15) is 17.4 Å². The number of carbonyl (C=O) groups is 3. The number of hydrogen-bond acceptors (Lipinski definition) is 5. The van der Waals surface area contributed by atoms with Crippen LogP contribution in [-0.2, 0) is 19.1 Å². The summed E-state index contributed by atoms with van der Waals surface area (Å²) in [6.45, 7) is 8.92. The van der Waals surface area contributed by atoms with Gasteiger partial charge in [0.05, 0.1) is 25.0 Å². The van der Waals surface area contributed by atoms with Crippen LogP contribution in [-0.4, -0.2) is 59.6 Å². The first-order valence-corrected chi connectivity index (χ1v) is 15.6. The molecular formula is C33H45N3O5. The molecule has 2 bridgehead atoms. The Hall–Kier alpha value is -2.87. The minimum absolute atomic E-state index is 0.0639. The van der Waals surface area contributed by atoms with Gasteiger partial charge in [-0.05, 0) is 60.8 Å². The van der Waals surface area contributed by atoms with Crippen molar-refractivity contribution in [3.63, 3.8) is 0 Å². The number of carbonyl (C=O) groups excluding carboxylic acids is 3. The molecule has 4 fully saturated rings. The van der Waals surface area contributed by atoms with Crippen LogP contribution in [0, 0.1) is 35.5 Å². The Balaban J connectivity index is 1.33. The topological polar surface area (TPSA) is 97.0 Å². The van der Waals surface area contributed by atoms with Crippen molar-refractivity contribution >= 4 is 23.4 Å². The molecule has 2 N–H and O–H groups in total. The fraction of sp³-hybridized carbons (Fsp3) is 0.667. The van der Waals surface area contributed by atoms with Gasteiger partial charge in [0.15, 0.2) is 0 Å². The lowest BCUT2D eigenvalue weighted by Crippen LogP contribution is -2.61. The molecule has 6 rings (SSSR count). The zero-order valence-electron chi connectivity index (χ0n) is 25.0. The molecule has 0 aromatic heterocycles. The Kier molecular flexibility index (Phi) is 7.41. The van der Waals surface area contributed by atoms with Crippen LogP contribution in [0.1, 0.15) is 66.2 Å². The molecule has 2 saturated heterocycles. The van der Waals surface area contributed by atoms with Crippen molar-refractivity contribution in [1.82, 2.24) is 10.2 Å². The molecule has 8 nitrogen and oxygen atoms in total. The SMILES string of the molecule is COc1ccc(NC(=O)[C@@H]2[C@@H]3C=C[C@]4(O3)[C@@H]2C(=O)N([C@@H]2CCC[C@@H](C)[C@H]2C)[C@H]4C(=O)N[C@@H]2CCC[C@H](C)[C@@H]2C)cc1. The number of methoxy groups -OCH3 is 1. The Morgan fingerprint density at radius 2 is 1.63 bits per heavy atom. The van der Waals surface area contributed by atoms with E-state index in [0.717, 1.165) is 32.1 Å². The number of ether oxygens (including phenoxy) is 2. The lowest BCUT2D eigenvalue weighted by molar-refractivity contribution is -0.146. The van der Waals surface area contributed by atoms with E-state index in [1.807, 2.05) is 17.1 Å². The first-order valence-electron chi connectivity index (χ1n) is 15.6. The molecule has 8 heteroatoms. The van der Waals surface area contributed by atoms with E-state index in [9.17, 15) is 14.4 Å². The van der Waals surface area contributed by atoms with Gasteiger partial charge in [-0.15, -0.1) is 0 Å². The van der Waals surface area contributed by atoms with Crippen LogP contribution >= 0.6 is 0 Å². The van der Waals surface area contributed by atoms with Gasteiger partial charge in [-0.3, -0.25) is 14.4 Å². The van der Waals surface area contributed by atoms with Gasteiger partial charge < -0.3 is 25.0 Å². The molecule has 1 aromatic carbocycles. The third-order valence-electron chi connectivity index (χ3n) is 11.3. The first kappa shape index (κ1) is 28.3. The number of anilines is 1. The summed E-state index contributed by atoms with van der Waals surface area (Å²) in [6.07, 6.45) is 9.46. The maximum absolute atomic E-state index is 14.5. The number of hydrogen-bond donors (Lipinski definition) is 2. The fourth-order valence-corrected chi connectivity index (χ4v) is 8.46. The molecule has 3 heterocycles. The van der Waals surface area contributed by atoms with Crippen molar-refractivity contribution in [2.24, 2.45) is 35.5 Å². The van der Waals surface area contributed by atoms with Crippen LogP contribution < -0.4 is 15.4 Å². The molecule has 1 spiro atoms. The molecular weight excluding hydrogens is 518 g/mol. The normalized spacial score (nSPS) is 41.3. The van der Waals surface area contributed by atoms with E-state index in [0.29, 0.717) is 29.2 Å². The quantitative estimate of drug-likeness (QED) is 0.495. The van der Waals surface area contributed by atoms with E-state index in [1.54, 1.807) is 31.4 Å². The highest BCUT2D eigenvalue weighted by atomic mass is 16.5. The largest absolute Gasteiger partial charge is 0.497 e. The number of nitrogens with one attached hydrogen (secondary N) is 2. The third-order valence-corrected chi connectivity index (χ3v) is 11.3. The number of rotatable bonds is 6. The smallest absolute Gasteiger partial charge is 0.246 e. The summed E-state index contributed by atoms with van der Waals surface area (Å²) in [5, 5.41) is 6.38. The van der Waals surface area contributed by atoms with Crippen LogP contribution in [0.3, 0.4) is 0 Å².